The standard InChI is InChI=1S/C11H18N4O/c1-3-9(2)10(16)12-7-8-15-11-13-5-4-6-14-11/h4-6,9H,3,7-8H2,1-2H3,(H,12,16)(H,13,14,15)/t9-/m1/s1. The van der Waals surface area contributed by atoms with Crippen molar-refractivity contribution in [3.63, 3.8) is 0 Å². The van der Waals surface area contributed by atoms with Crippen molar-refractivity contribution in [2.75, 3.05) is 18.4 Å². The van der Waals surface area contributed by atoms with Crippen LogP contribution < -0.4 is 10.6 Å². The van der Waals surface area contributed by atoms with E-state index in [4.69, 9.17) is 0 Å². The zero-order chi connectivity index (χ0) is 11.8. The van der Waals surface area contributed by atoms with Crippen LogP contribution in [0.25, 0.3) is 0 Å². The fourth-order valence-corrected chi connectivity index (χ4v) is 1.11. The molecule has 2 N–H and O–H groups in total. The number of anilines is 1. The van der Waals surface area contributed by atoms with E-state index < -0.39 is 0 Å². The van der Waals surface area contributed by atoms with Crippen LogP contribution in [0.15, 0.2) is 18.5 Å². The first kappa shape index (κ1) is 12.4. The van der Waals surface area contributed by atoms with Gasteiger partial charge in [-0.15, -0.1) is 0 Å². The van der Waals surface area contributed by atoms with Crippen LogP contribution in [0.4, 0.5) is 5.95 Å². The van der Waals surface area contributed by atoms with Crippen molar-refractivity contribution < 1.29 is 4.79 Å². The molecule has 88 valence electrons. The molecule has 0 fully saturated rings. The van der Waals surface area contributed by atoms with Gasteiger partial charge in [-0.2, -0.15) is 0 Å². The Balaban J connectivity index is 2.15. The summed E-state index contributed by atoms with van der Waals surface area (Å²) >= 11 is 0. The molecule has 1 aromatic heterocycles. The third-order valence-corrected chi connectivity index (χ3v) is 2.33. The molecule has 1 heterocycles. The average molecular weight is 222 g/mol. The van der Waals surface area contributed by atoms with Crippen molar-refractivity contribution in [3.8, 4) is 0 Å². The number of rotatable bonds is 6. The molecule has 0 aliphatic carbocycles. The first-order valence-corrected chi connectivity index (χ1v) is 5.52. The Bertz CT molecular complexity index is 315. The van der Waals surface area contributed by atoms with Crippen molar-refractivity contribution in [3.05, 3.63) is 18.5 Å². The second-order valence-electron chi connectivity index (χ2n) is 3.60. The Labute approximate surface area is 95.7 Å². The number of carbonyl (C=O) groups is 1. The predicted molar refractivity (Wildman–Crippen MR) is 63.0 cm³/mol. The number of aromatic nitrogens is 2. The number of hydrogen-bond acceptors (Lipinski definition) is 4. The monoisotopic (exact) mass is 222 g/mol. The third kappa shape index (κ3) is 4.25. The van der Waals surface area contributed by atoms with Gasteiger partial charge in [0.25, 0.3) is 0 Å². The van der Waals surface area contributed by atoms with Gasteiger partial charge in [-0.3, -0.25) is 4.79 Å². The minimum atomic E-state index is 0.0768. The average Bonchev–Trinajstić information content (AvgIpc) is 2.34. The lowest BCUT2D eigenvalue weighted by atomic mass is 10.1. The van der Waals surface area contributed by atoms with Gasteiger partial charge in [-0.05, 0) is 12.5 Å². The summed E-state index contributed by atoms with van der Waals surface area (Å²) in [5.41, 5.74) is 0. The van der Waals surface area contributed by atoms with Crippen LogP contribution in [0.5, 0.6) is 0 Å². The number of hydrogen-bond donors (Lipinski definition) is 2. The lowest BCUT2D eigenvalue weighted by Gasteiger charge is -2.10. The highest BCUT2D eigenvalue weighted by molar-refractivity contribution is 5.78. The van der Waals surface area contributed by atoms with E-state index in [0.717, 1.165) is 6.42 Å². The first-order chi connectivity index (χ1) is 7.74. The highest BCUT2D eigenvalue weighted by atomic mass is 16.1. The summed E-state index contributed by atoms with van der Waals surface area (Å²) in [5.74, 6) is 0.756. The molecular formula is C11H18N4O. The maximum absolute atomic E-state index is 11.4. The van der Waals surface area contributed by atoms with Gasteiger partial charge in [0, 0.05) is 31.4 Å². The van der Waals surface area contributed by atoms with Crippen LogP contribution in [-0.4, -0.2) is 29.0 Å². The van der Waals surface area contributed by atoms with E-state index in [0.29, 0.717) is 19.0 Å². The molecule has 0 spiro atoms. The van der Waals surface area contributed by atoms with Crippen LogP contribution >= 0.6 is 0 Å². The van der Waals surface area contributed by atoms with Crippen molar-refractivity contribution >= 4 is 11.9 Å². The molecule has 0 radical (unpaired) electrons. The van der Waals surface area contributed by atoms with Gasteiger partial charge in [-0.25, -0.2) is 9.97 Å². The minimum Gasteiger partial charge on any atom is -0.354 e. The molecule has 0 saturated heterocycles. The zero-order valence-electron chi connectivity index (χ0n) is 9.73. The summed E-state index contributed by atoms with van der Waals surface area (Å²) in [6.45, 7) is 5.14. The highest BCUT2D eigenvalue weighted by Gasteiger charge is 2.08. The summed E-state index contributed by atoms with van der Waals surface area (Å²) in [5, 5.41) is 5.87. The van der Waals surface area contributed by atoms with Crippen molar-refractivity contribution in [2.45, 2.75) is 20.3 Å². The number of nitrogens with zero attached hydrogens (tertiary/aromatic N) is 2. The van der Waals surface area contributed by atoms with Crippen LogP contribution in [0.1, 0.15) is 20.3 Å². The fraction of sp³-hybridized carbons (Fsp3) is 0.545. The Morgan fingerprint density at radius 2 is 2.06 bits per heavy atom. The molecule has 0 aliphatic rings. The van der Waals surface area contributed by atoms with E-state index >= 15 is 0 Å². The Morgan fingerprint density at radius 1 is 1.38 bits per heavy atom. The van der Waals surface area contributed by atoms with E-state index in [9.17, 15) is 4.79 Å². The fourth-order valence-electron chi connectivity index (χ4n) is 1.11. The number of amides is 1. The molecule has 0 aromatic carbocycles. The maximum atomic E-state index is 11.4. The maximum Gasteiger partial charge on any atom is 0.222 e. The molecule has 5 nitrogen and oxygen atoms in total. The summed E-state index contributed by atoms with van der Waals surface area (Å²) in [6, 6.07) is 1.76. The van der Waals surface area contributed by atoms with Gasteiger partial charge >= 0.3 is 0 Å². The lowest BCUT2D eigenvalue weighted by Crippen LogP contribution is -2.32. The van der Waals surface area contributed by atoms with Crippen molar-refractivity contribution in [1.82, 2.24) is 15.3 Å². The van der Waals surface area contributed by atoms with Crippen LogP contribution in [0.3, 0.4) is 0 Å². The molecule has 1 atom stereocenters. The van der Waals surface area contributed by atoms with Gasteiger partial charge in [0.1, 0.15) is 0 Å². The largest absolute Gasteiger partial charge is 0.354 e. The number of nitrogens with one attached hydrogen (secondary N) is 2. The molecule has 1 aromatic rings. The topological polar surface area (TPSA) is 66.9 Å². The van der Waals surface area contributed by atoms with Gasteiger partial charge < -0.3 is 10.6 Å². The zero-order valence-corrected chi connectivity index (χ0v) is 9.73. The molecule has 0 saturated carbocycles. The van der Waals surface area contributed by atoms with Crippen LogP contribution in [0, 0.1) is 5.92 Å². The third-order valence-electron chi connectivity index (χ3n) is 2.33. The van der Waals surface area contributed by atoms with Crippen LogP contribution in [0.2, 0.25) is 0 Å². The number of carbonyl (C=O) groups excluding carboxylic acids is 1. The smallest absolute Gasteiger partial charge is 0.222 e. The summed E-state index contributed by atoms with van der Waals surface area (Å²) in [7, 11) is 0. The molecule has 0 bridgehead atoms. The molecule has 1 rings (SSSR count). The van der Waals surface area contributed by atoms with E-state index in [-0.39, 0.29) is 11.8 Å². The van der Waals surface area contributed by atoms with Gasteiger partial charge in [0.05, 0.1) is 0 Å². The highest BCUT2D eigenvalue weighted by Crippen LogP contribution is 1.99. The SMILES string of the molecule is CC[C@@H](C)C(=O)NCCNc1ncccn1. The van der Waals surface area contributed by atoms with Gasteiger partial charge in [0.2, 0.25) is 11.9 Å². The Kier molecular flexibility index (Phi) is 5.25. The van der Waals surface area contributed by atoms with E-state index in [1.54, 1.807) is 18.5 Å². The minimum absolute atomic E-state index is 0.0768. The lowest BCUT2D eigenvalue weighted by molar-refractivity contribution is -0.124. The second-order valence-corrected chi connectivity index (χ2v) is 3.60. The summed E-state index contributed by atoms with van der Waals surface area (Å²) < 4.78 is 0. The normalized spacial score (nSPS) is 11.9. The Morgan fingerprint density at radius 3 is 2.69 bits per heavy atom. The van der Waals surface area contributed by atoms with Crippen molar-refractivity contribution in [1.29, 1.82) is 0 Å². The quantitative estimate of drug-likeness (QED) is 0.706. The van der Waals surface area contributed by atoms with E-state index in [1.807, 2.05) is 13.8 Å². The summed E-state index contributed by atoms with van der Waals surface area (Å²) in [6.07, 6.45) is 4.21. The van der Waals surface area contributed by atoms with Crippen LogP contribution in [-0.2, 0) is 4.79 Å². The molecular weight excluding hydrogens is 204 g/mol. The van der Waals surface area contributed by atoms with E-state index in [1.165, 1.54) is 0 Å². The second kappa shape index (κ2) is 6.76. The Hall–Kier alpha value is -1.65. The molecule has 5 heteroatoms. The van der Waals surface area contributed by atoms with Gasteiger partial charge in [0.15, 0.2) is 0 Å². The van der Waals surface area contributed by atoms with E-state index in [2.05, 4.69) is 20.6 Å². The van der Waals surface area contributed by atoms with Crippen molar-refractivity contribution in [2.24, 2.45) is 5.92 Å². The molecule has 16 heavy (non-hydrogen) atoms. The molecule has 1 amide bonds. The summed E-state index contributed by atoms with van der Waals surface area (Å²) in [4.78, 5) is 19.4. The predicted octanol–water partition coefficient (Wildman–Crippen LogP) is 1.05. The first-order valence-electron chi connectivity index (χ1n) is 5.52. The molecule has 0 aliphatic heterocycles. The van der Waals surface area contributed by atoms with Gasteiger partial charge in [-0.1, -0.05) is 13.8 Å². The molecule has 0 unspecified atom stereocenters.